The fourth-order valence-electron chi connectivity index (χ4n) is 3.41. The maximum Gasteiger partial charge on any atom is 0.311 e. The summed E-state index contributed by atoms with van der Waals surface area (Å²) in [5, 5.41) is 1.74. The van der Waals surface area contributed by atoms with Crippen LogP contribution >= 0.6 is 11.6 Å². The lowest BCUT2D eigenvalue weighted by Crippen LogP contribution is -2.08. The van der Waals surface area contributed by atoms with Crippen molar-refractivity contribution in [2.45, 2.75) is 26.2 Å². The number of aromatic amines is 1. The predicted octanol–water partition coefficient (Wildman–Crippen LogP) is 6.12. The maximum absolute atomic E-state index is 12.2. The summed E-state index contributed by atoms with van der Waals surface area (Å²) in [6, 6.07) is 19.1. The lowest BCUT2D eigenvalue weighted by molar-refractivity contribution is -0.134. The lowest BCUT2D eigenvalue weighted by atomic mass is 10.0. The third-order valence-corrected chi connectivity index (χ3v) is 5.08. The highest BCUT2D eigenvalue weighted by Crippen LogP contribution is 2.32. The van der Waals surface area contributed by atoms with E-state index < -0.39 is 0 Å². The highest BCUT2D eigenvalue weighted by molar-refractivity contribution is 6.31. The molecule has 0 aliphatic heterocycles. The van der Waals surface area contributed by atoms with Crippen molar-refractivity contribution in [3.8, 4) is 17.1 Å². The molecule has 2 aromatic carbocycles. The van der Waals surface area contributed by atoms with Crippen molar-refractivity contribution in [1.82, 2.24) is 9.97 Å². The monoisotopic (exact) mass is 404 g/mol. The molecular formula is C24H21ClN2O2. The van der Waals surface area contributed by atoms with E-state index in [1.165, 1.54) is 0 Å². The number of nitrogens with zero attached hydrogens (tertiary/aromatic N) is 1. The summed E-state index contributed by atoms with van der Waals surface area (Å²) in [7, 11) is 0. The molecule has 0 saturated carbocycles. The Morgan fingerprint density at radius 3 is 2.69 bits per heavy atom. The first kappa shape index (κ1) is 19.2. The second-order valence-electron chi connectivity index (χ2n) is 7.02. The molecule has 1 N–H and O–H groups in total. The summed E-state index contributed by atoms with van der Waals surface area (Å²) in [6.07, 6.45) is 3.50. The zero-order valence-corrected chi connectivity index (χ0v) is 16.9. The van der Waals surface area contributed by atoms with Crippen LogP contribution in [0.5, 0.6) is 5.75 Å². The molecule has 5 heteroatoms. The molecule has 0 spiro atoms. The summed E-state index contributed by atoms with van der Waals surface area (Å²) >= 11 is 6.23. The van der Waals surface area contributed by atoms with Crippen LogP contribution in [0.2, 0.25) is 5.02 Å². The zero-order chi connectivity index (χ0) is 20.2. The topological polar surface area (TPSA) is 55.0 Å². The number of carbonyl (C=O) groups is 1. The number of fused-ring (bicyclic) bond motifs is 1. The molecule has 2 aromatic heterocycles. The summed E-state index contributed by atoms with van der Waals surface area (Å²) < 4.78 is 5.43. The molecule has 0 atom stereocenters. The fraction of sp³-hybridized carbons (Fsp3) is 0.167. The molecule has 0 aliphatic carbocycles. The number of hydrogen-bond acceptors (Lipinski definition) is 3. The van der Waals surface area contributed by atoms with E-state index in [1.54, 1.807) is 6.20 Å². The van der Waals surface area contributed by atoms with Gasteiger partial charge in [-0.2, -0.15) is 0 Å². The number of H-pyrrole nitrogens is 1. The predicted molar refractivity (Wildman–Crippen MR) is 116 cm³/mol. The molecule has 0 bridgehead atoms. The van der Waals surface area contributed by atoms with Crippen LogP contribution in [0, 0.1) is 6.92 Å². The SMILES string of the molecule is Cc1ccc(OC(=O)CCCc2c(-c3ccccn3)[nH]c3ccc(Cl)cc23)cc1. The maximum atomic E-state index is 12.2. The van der Waals surface area contributed by atoms with Gasteiger partial charge in [0, 0.05) is 28.5 Å². The van der Waals surface area contributed by atoms with Crippen LogP contribution in [-0.4, -0.2) is 15.9 Å². The smallest absolute Gasteiger partial charge is 0.311 e. The minimum absolute atomic E-state index is 0.230. The second-order valence-corrected chi connectivity index (χ2v) is 7.46. The molecule has 0 aliphatic rings. The van der Waals surface area contributed by atoms with E-state index in [0.29, 0.717) is 23.6 Å². The van der Waals surface area contributed by atoms with Crippen molar-refractivity contribution in [3.05, 3.63) is 83.0 Å². The van der Waals surface area contributed by atoms with E-state index in [1.807, 2.05) is 67.6 Å². The Labute approximate surface area is 174 Å². The highest BCUT2D eigenvalue weighted by atomic mass is 35.5. The van der Waals surface area contributed by atoms with Gasteiger partial charge in [0.25, 0.3) is 0 Å². The largest absolute Gasteiger partial charge is 0.427 e. The molecule has 0 saturated heterocycles. The summed E-state index contributed by atoms with van der Waals surface area (Å²) in [4.78, 5) is 20.2. The molecular weight excluding hydrogens is 384 g/mol. The van der Waals surface area contributed by atoms with Gasteiger partial charge in [0.2, 0.25) is 0 Å². The van der Waals surface area contributed by atoms with Crippen LogP contribution in [0.15, 0.2) is 66.9 Å². The Balaban J connectivity index is 1.51. The Bertz CT molecular complexity index is 1130. The Morgan fingerprint density at radius 1 is 1.10 bits per heavy atom. The first-order chi connectivity index (χ1) is 14.1. The molecule has 0 fully saturated rings. The van der Waals surface area contributed by atoms with E-state index >= 15 is 0 Å². The number of esters is 1. The Kier molecular flexibility index (Phi) is 5.63. The van der Waals surface area contributed by atoms with Crippen LogP contribution < -0.4 is 4.74 Å². The number of ether oxygens (including phenoxy) is 1. The van der Waals surface area contributed by atoms with Gasteiger partial charge in [0.05, 0.1) is 11.4 Å². The molecule has 4 aromatic rings. The number of halogens is 1. The summed E-state index contributed by atoms with van der Waals surface area (Å²) in [6.45, 7) is 2.00. The normalized spacial score (nSPS) is 11.0. The van der Waals surface area contributed by atoms with E-state index in [0.717, 1.165) is 39.8 Å². The molecule has 29 heavy (non-hydrogen) atoms. The quantitative estimate of drug-likeness (QED) is 0.311. The van der Waals surface area contributed by atoms with Gasteiger partial charge in [0.15, 0.2) is 0 Å². The van der Waals surface area contributed by atoms with Crippen LogP contribution in [0.25, 0.3) is 22.3 Å². The number of nitrogens with one attached hydrogen (secondary N) is 1. The van der Waals surface area contributed by atoms with Crippen LogP contribution in [0.3, 0.4) is 0 Å². The number of aromatic nitrogens is 2. The van der Waals surface area contributed by atoms with Crippen LogP contribution in [0.4, 0.5) is 0 Å². The first-order valence-corrected chi connectivity index (χ1v) is 9.97. The molecule has 146 valence electrons. The number of hydrogen-bond donors (Lipinski definition) is 1. The van der Waals surface area contributed by atoms with Gasteiger partial charge < -0.3 is 9.72 Å². The van der Waals surface area contributed by atoms with Gasteiger partial charge in [-0.05, 0) is 67.8 Å². The standard InChI is InChI=1S/C24H21ClN2O2/c1-16-8-11-18(12-9-16)29-23(28)7-4-5-19-20-15-17(25)10-13-21(20)27-24(19)22-6-2-3-14-26-22/h2-3,6,8-15,27H,4-5,7H2,1H3. The third kappa shape index (κ3) is 4.49. The average molecular weight is 405 g/mol. The van der Waals surface area contributed by atoms with Gasteiger partial charge >= 0.3 is 5.97 Å². The molecule has 2 heterocycles. The van der Waals surface area contributed by atoms with Crippen LogP contribution in [-0.2, 0) is 11.2 Å². The van der Waals surface area contributed by atoms with Crippen molar-refractivity contribution < 1.29 is 9.53 Å². The van der Waals surface area contributed by atoms with Crippen LogP contribution in [0.1, 0.15) is 24.0 Å². The van der Waals surface area contributed by atoms with Gasteiger partial charge in [-0.3, -0.25) is 9.78 Å². The number of aryl methyl sites for hydroxylation is 2. The average Bonchev–Trinajstić information content (AvgIpc) is 3.08. The van der Waals surface area contributed by atoms with Gasteiger partial charge in [-0.15, -0.1) is 0 Å². The molecule has 0 radical (unpaired) electrons. The number of benzene rings is 2. The summed E-state index contributed by atoms with van der Waals surface area (Å²) in [5.74, 6) is 0.347. The van der Waals surface area contributed by atoms with Gasteiger partial charge in [-0.25, -0.2) is 0 Å². The number of pyridine rings is 1. The van der Waals surface area contributed by atoms with E-state index in [2.05, 4.69) is 9.97 Å². The van der Waals surface area contributed by atoms with Crippen molar-refractivity contribution in [2.75, 3.05) is 0 Å². The van der Waals surface area contributed by atoms with Crippen molar-refractivity contribution in [1.29, 1.82) is 0 Å². The van der Waals surface area contributed by atoms with Gasteiger partial charge in [-0.1, -0.05) is 35.4 Å². The zero-order valence-electron chi connectivity index (χ0n) is 16.1. The van der Waals surface area contributed by atoms with Crippen molar-refractivity contribution in [3.63, 3.8) is 0 Å². The van der Waals surface area contributed by atoms with E-state index in [4.69, 9.17) is 16.3 Å². The lowest BCUT2D eigenvalue weighted by Gasteiger charge is -2.06. The number of rotatable bonds is 6. The molecule has 0 amide bonds. The Morgan fingerprint density at radius 2 is 1.93 bits per heavy atom. The summed E-state index contributed by atoms with van der Waals surface area (Å²) in [5.41, 5.74) is 5.09. The Hall–Kier alpha value is -3.11. The molecule has 4 rings (SSSR count). The fourth-order valence-corrected chi connectivity index (χ4v) is 3.58. The van der Waals surface area contributed by atoms with Crippen molar-refractivity contribution >= 4 is 28.5 Å². The minimum Gasteiger partial charge on any atom is -0.427 e. The first-order valence-electron chi connectivity index (χ1n) is 9.59. The molecule has 4 nitrogen and oxygen atoms in total. The third-order valence-electron chi connectivity index (χ3n) is 4.85. The highest BCUT2D eigenvalue weighted by Gasteiger charge is 2.15. The number of carbonyl (C=O) groups excluding carboxylic acids is 1. The minimum atomic E-state index is -0.230. The molecule has 0 unspecified atom stereocenters. The van der Waals surface area contributed by atoms with E-state index in [-0.39, 0.29) is 5.97 Å². The van der Waals surface area contributed by atoms with E-state index in [9.17, 15) is 4.79 Å². The van der Waals surface area contributed by atoms with Crippen molar-refractivity contribution in [2.24, 2.45) is 0 Å². The van der Waals surface area contributed by atoms with Gasteiger partial charge in [0.1, 0.15) is 5.75 Å². The second kappa shape index (κ2) is 8.50.